The molecule has 1 aromatic carbocycles. The van der Waals surface area contributed by atoms with Gasteiger partial charge in [0.05, 0.1) is 49.2 Å². The molecule has 4 aromatic rings. The van der Waals surface area contributed by atoms with Crippen LogP contribution in [0.4, 0.5) is 10.2 Å². The number of pyridine rings is 1. The van der Waals surface area contributed by atoms with Crippen molar-refractivity contribution in [2.75, 3.05) is 44.9 Å². The maximum Gasteiger partial charge on any atom is 0.319 e. The van der Waals surface area contributed by atoms with Crippen LogP contribution in [0.15, 0.2) is 12.3 Å². The van der Waals surface area contributed by atoms with E-state index in [0.717, 1.165) is 63.5 Å². The number of benzene rings is 1. The number of H-pyrrole nitrogens is 1. The number of aromatic nitrogens is 5. The number of β-amino-alcohol motifs (C(OH)–C–C–N with tert-alkyl or cyclic N) is 1. The molecule has 3 N–H and O–H groups in total. The van der Waals surface area contributed by atoms with Crippen LogP contribution < -0.4 is 14.4 Å². The number of likely N-dealkylation sites (tertiary alicyclic amines) is 1. The number of piperidine rings is 1. The molecular weight excluding hydrogens is 689 g/mol. The number of nitrogens with one attached hydrogen (secondary N) is 1. The summed E-state index contributed by atoms with van der Waals surface area (Å²) in [5.74, 6) is -0.0306. The molecule has 2 saturated carbocycles. The van der Waals surface area contributed by atoms with Gasteiger partial charge >= 0.3 is 6.01 Å². The summed E-state index contributed by atoms with van der Waals surface area (Å²) in [6, 6.07) is 2.27. The Balaban J connectivity index is 1.27. The third kappa shape index (κ3) is 6.15. The fourth-order valence-electron chi connectivity index (χ4n) is 9.57. The molecule has 8 rings (SSSR count). The second-order valence-corrected chi connectivity index (χ2v) is 16.7. The summed E-state index contributed by atoms with van der Waals surface area (Å²) in [7, 11) is 1.48. The van der Waals surface area contributed by atoms with Crippen LogP contribution >= 0.6 is 11.6 Å². The highest BCUT2D eigenvalue weighted by atomic mass is 35.5. The van der Waals surface area contributed by atoms with Crippen LogP contribution in [0.1, 0.15) is 77.7 Å². The van der Waals surface area contributed by atoms with Gasteiger partial charge in [0.15, 0.2) is 5.82 Å². The number of methoxy groups -OCH3 is 1. The molecule has 0 radical (unpaired) electrons. The minimum Gasteiger partial charge on any atom is -0.480 e. The largest absolute Gasteiger partial charge is 0.480 e. The van der Waals surface area contributed by atoms with E-state index in [2.05, 4.69) is 22.0 Å². The lowest BCUT2D eigenvalue weighted by atomic mass is 9.68. The van der Waals surface area contributed by atoms with Gasteiger partial charge in [-0.2, -0.15) is 15.1 Å². The van der Waals surface area contributed by atoms with Crippen molar-refractivity contribution in [2.45, 2.75) is 108 Å². The number of hydrogen-bond donors (Lipinski definition) is 3. The normalized spacial score (nSPS) is 31.6. The Hall–Kier alpha value is -3.36. The summed E-state index contributed by atoms with van der Waals surface area (Å²) in [5, 5.41) is 30.2. The standard InChI is InChI=1S/C38H49ClFN7O5/c1-21-15-25-23(18-41-45-25)27(29(21)39)31-30(40)32-28(34(42-31)50-5)33(46-13-14-51-20-37(3,49)19-46)44-35(43-32)52-26-10-6-7-11-38(4)24(26)9-8-12-47(38)22-16-36(2,48)17-22/h15,18,22,24,26,48-49H,6-14,16-17,19-20H2,1-5H3,(H,41,45)/t22?,24-,26?,36?,37+,38-/m1/s1. The van der Waals surface area contributed by atoms with Gasteiger partial charge in [-0.25, -0.2) is 9.37 Å². The maximum absolute atomic E-state index is 17.3. The van der Waals surface area contributed by atoms with E-state index in [4.69, 9.17) is 40.8 Å². The average molecular weight is 738 g/mol. The van der Waals surface area contributed by atoms with Gasteiger partial charge in [-0.15, -0.1) is 0 Å². The van der Waals surface area contributed by atoms with Crippen molar-refractivity contribution in [3.8, 4) is 23.1 Å². The van der Waals surface area contributed by atoms with Crippen LogP contribution in [0, 0.1) is 18.7 Å². The van der Waals surface area contributed by atoms with Crippen LogP contribution in [0.25, 0.3) is 33.1 Å². The Morgan fingerprint density at radius 2 is 1.87 bits per heavy atom. The molecular formula is C38H49ClFN7O5. The van der Waals surface area contributed by atoms with Crippen molar-refractivity contribution in [1.29, 1.82) is 0 Å². The van der Waals surface area contributed by atoms with E-state index in [1.165, 1.54) is 7.11 Å². The highest BCUT2D eigenvalue weighted by molar-refractivity contribution is 6.35. The van der Waals surface area contributed by atoms with E-state index in [9.17, 15) is 10.2 Å². The number of nitrogens with zero attached hydrogens (tertiary/aromatic N) is 6. The quantitative estimate of drug-likeness (QED) is 0.216. The van der Waals surface area contributed by atoms with E-state index in [1.54, 1.807) is 13.1 Å². The molecule has 3 aromatic heterocycles. The molecule has 14 heteroatoms. The summed E-state index contributed by atoms with van der Waals surface area (Å²) in [6.07, 6.45) is 8.90. The molecule has 2 aliphatic carbocycles. The fourth-order valence-corrected chi connectivity index (χ4v) is 9.82. The predicted molar refractivity (Wildman–Crippen MR) is 197 cm³/mol. The third-order valence-electron chi connectivity index (χ3n) is 12.0. The smallest absolute Gasteiger partial charge is 0.319 e. The summed E-state index contributed by atoms with van der Waals surface area (Å²) in [6.45, 7) is 9.89. The first-order valence-corrected chi connectivity index (χ1v) is 18.9. The van der Waals surface area contributed by atoms with E-state index in [-0.39, 0.29) is 59.2 Å². The van der Waals surface area contributed by atoms with Gasteiger partial charge in [0.2, 0.25) is 5.88 Å². The van der Waals surface area contributed by atoms with Crippen LogP contribution in [0.2, 0.25) is 5.02 Å². The van der Waals surface area contributed by atoms with Crippen molar-refractivity contribution in [1.82, 2.24) is 30.0 Å². The Morgan fingerprint density at radius 3 is 2.63 bits per heavy atom. The first kappa shape index (κ1) is 35.7. The number of fused-ring (bicyclic) bond motifs is 3. The molecule has 0 amide bonds. The zero-order chi connectivity index (χ0) is 36.6. The van der Waals surface area contributed by atoms with Crippen molar-refractivity contribution in [2.24, 2.45) is 5.92 Å². The number of halogens is 2. The molecule has 5 heterocycles. The zero-order valence-corrected chi connectivity index (χ0v) is 31.4. The molecule has 4 fully saturated rings. The van der Waals surface area contributed by atoms with Gasteiger partial charge in [0, 0.05) is 35.0 Å². The second kappa shape index (κ2) is 13.2. The summed E-state index contributed by atoms with van der Waals surface area (Å²) in [5.41, 5.74) is -0.157. The van der Waals surface area contributed by atoms with Crippen LogP contribution in [-0.2, 0) is 4.74 Å². The molecule has 4 aliphatic rings. The molecule has 0 spiro atoms. The lowest BCUT2D eigenvalue weighted by molar-refractivity contribution is -0.139. The summed E-state index contributed by atoms with van der Waals surface area (Å²) in [4.78, 5) is 19.1. The van der Waals surface area contributed by atoms with Gasteiger partial charge in [0.25, 0.3) is 0 Å². The average Bonchev–Trinajstić information content (AvgIpc) is 3.38. The number of anilines is 1. The molecule has 2 saturated heterocycles. The van der Waals surface area contributed by atoms with E-state index in [1.807, 2.05) is 24.8 Å². The Kier molecular flexibility index (Phi) is 9.04. The second-order valence-electron chi connectivity index (χ2n) is 16.3. The number of rotatable bonds is 6. The first-order chi connectivity index (χ1) is 24.8. The van der Waals surface area contributed by atoms with E-state index < -0.39 is 17.0 Å². The van der Waals surface area contributed by atoms with Crippen molar-refractivity contribution >= 4 is 39.2 Å². The third-order valence-corrected chi connectivity index (χ3v) is 12.5. The minimum atomic E-state index is -1.20. The van der Waals surface area contributed by atoms with Gasteiger partial charge in [-0.1, -0.05) is 18.0 Å². The molecule has 12 nitrogen and oxygen atoms in total. The highest BCUT2D eigenvalue weighted by Crippen LogP contribution is 2.49. The van der Waals surface area contributed by atoms with Crippen LogP contribution in [-0.4, -0.2) is 109 Å². The number of aromatic amines is 1. The minimum absolute atomic E-state index is 0.0146. The lowest BCUT2D eigenvalue weighted by Crippen LogP contribution is -2.66. The van der Waals surface area contributed by atoms with Gasteiger partial charge in [0.1, 0.15) is 34.1 Å². The Labute approximate surface area is 308 Å². The zero-order valence-electron chi connectivity index (χ0n) is 30.6. The molecule has 4 atom stereocenters. The monoisotopic (exact) mass is 737 g/mol. The number of hydrogen-bond acceptors (Lipinski definition) is 11. The SMILES string of the molecule is COc1nc(-c2c(Cl)c(C)cc3[nH]ncc23)c(F)c2nc(OC3CCCC[C@]4(C)[C@@H]3CCCN4C3CC(C)(O)C3)nc(N3CCOC[C@@](C)(O)C3)c12. The molecule has 52 heavy (non-hydrogen) atoms. The highest BCUT2D eigenvalue weighted by Gasteiger charge is 2.53. The first-order valence-electron chi connectivity index (χ1n) is 18.6. The van der Waals surface area contributed by atoms with Crippen LogP contribution in [0.5, 0.6) is 11.9 Å². The maximum atomic E-state index is 17.3. The topological polar surface area (TPSA) is 142 Å². The Morgan fingerprint density at radius 1 is 1.06 bits per heavy atom. The number of aliphatic hydroxyl groups is 2. The summed E-state index contributed by atoms with van der Waals surface area (Å²) < 4.78 is 35.8. The molecule has 1 unspecified atom stereocenters. The lowest BCUT2D eigenvalue weighted by Gasteiger charge is -2.59. The van der Waals surface area contributed by atoms with Gasteiger partial charge < -0.3 is 29.3 Å². The molecule has 280 valence electrons. The van der Waals surface area contributed by atoms with Gasteiger partial charge in [-0.3, -0.25) is 10.00 Å². The Bertz CT molecular complexity index is 2000. The molecule has 0 bridgehead atoms. The summed E-state index contributed by atoms with van der Waals surface area (Å²) >= 11 is 6.89. The van der Waals surface area contributed by atoms with Crippen molar-refractivity contribution in [3.63, 3.8) is 0 Å². The molecule has 2 aliphatic heterocycles. The predicted octanol–water partition coefficient (Wildman–Crippen LogP) is 5.97. The number of ether oxygens (including phenoxy) is 3. The van der Waals surface area contributed by atoms with Crippen molar-refractivity contribution in [3.05, 3.63) is 28.7 Å². The number of aryl methyl sites for hydroxylation is 1. The van der Waals surface area contributed by atoms with Gasteiger partial charge in [-0.05, 0) is 90.8 Å². The fraction of sp³-hybridized carbons (Fsp3) is 0.632. The van der Waals surface area contributed by atoms with Crippen molar-refractivity contribution < 1.29 is 28.8 Å². The van der Waals surface area contributed by atoms with E-state index >= 15 is 4.39 Å². The van der Waals surface area contributed by atoms with Crippen LogP contribution in [0.3, 0.4) is 0 Å². The van der Waals surface area contributed by atoms with E-state index in [0.29, 0.717) is 46.5 Å².